The van der Waals surface area contributed by atoms with Crippen LogP contribution in [0.3, 0.4) is 0 Å². The summed E-state index contributed by atoms with van der Waals surface area (Å²) in [6.45, 7) is 1.44. The van der Waals surface area contributed by atoms with Crippen molar-refractivity contribution in [1.82, 2.24) is 4.98 Å². The number of fused-ring (bicyclic) bond motifs is 1. The van der Waals surface area contributed by atoms with Crippen LogP contribution in [0.1, 0.15) is 17.5 Å². The van der Waals surface area contributed by atoms with E-state index in [9.17, 15) is 14.0 Å². The largest absolute Gasteiger partial charge is 0.451 e. The first-order chi connectivity index (χ1) is 13.5. The lowest BCUT2D eigenvalue weighted by Gasteiger charge is -1.99. The number of benzene rings is 2. The predicted molar refractivity (Wildman–Crippen MR) is 106 cm³/mol. The monoisotopic (exact) mass is 395 g/mol. The van der Waals surface area contributed by atoms with E-state index in [0.717, 1.165) is 4.70 Å². The van der Waals surface area contributed by atoms with Gasteiger partial charge in [0.2, 0.25) is 5.91 Å². The van der Waals surface area contributed by atoms with Gasteiger partial charge in [-0.3, -0.25) is 14.9 Å². The average Bonchev–Trinajstić information content (AvgIpc) is 3.28. The third-order valence-corrected chi connectivity index (χ3v) is 4.82. The van der Waals surface area contributed by atoms with E-state index in [1.165, 1.54) is 30.4 Å². The molecule has 2 heterocycles. The molecule has 28 heavy (non-hydrogen) atoms. The summed E-state index contributed by atoms with van der Waals surface area (Å²) >= 11 is 1.29. The summed E-state index contributed by atoms with van der Waals surface area (Å²) in [5.41, 5.74) is 2.04. The van der Waals surface area contributed by atoms with Crippen molar-refractivity contribution in [2.75, 3.05) is 10.6 Å². The predicted octanol–water partition coefficient (Wildman–Crippen LogP) is 4.91. The summed E-state index contributed by atoms with van der Waals surface area (Å²) in [4.78, 5) is 28.0. The number of halogens is 1. The molecular weight excluding hydrogens is 381 g/mol. The smallest absolute Gasteiger partial charge is 0.293 e. The highest BCUT2D eigenvalue weighted by Crippen LogP contribution is 2.29. The van der Waals surface area contributed by atoms with Gasteiger partial charge in [-0.05, 0) is 54.6 Å². The molecular formula is C20H14FN3O3S. The Kier molecular flexibility index (Phi) is 4.62. The van der Waals surface area contributed by atoms with Gasteiger partial charge in [0.15, 0.2) is 10.9 Å². The first kappa shape index (κ1) is 17.9. The van der Waals surface area contributed by atoms with Crippen molar-refractivity contribution in [2.45, 2.75) is 6.92 Å². The van der Waals surface area contributed by atoms with Gasteiger partial charge >= 0.3 is 0 Å². The van der Waals surface area contributed by atoms with Crippen molar-refractivity contribution in [2.24, 2.45) is 0 Å². The molecule has 2 aromatic heterocycles. The molecule has 0 aliphatic rings. The van der Waals surface area contributed by atoms with E-state index in [1.54, 1.807) is 42.5 Å². The topological polar surface area (TPSA) is 84.2 Å². The fraction of sp³-hybridized carbons (Fsp3) is 0.0500. The lowest BCUT2D eigenvalue weighted by Crippen LogP contribution is -2.10. The molecule has 0 spiro atoms. The zero-order valence-corrected chi connectivity index (χ0v) is 15.5. The molecule has 4 rings (SSSR count). The Bertz CT molecular complexity index is 1180. The van der Waals surface area contributed by atoms with E-state index in [1.807, 2.05) is 0 Å². The molecule has 2 N–H and O–H groups in total. The molecule has 2 amide bonds. The summed E-state index contributed by atoms with van der Waals surface area (Å²) in [6.07, 6.45) is 0. The molecule has 0 aliphatic carbocycles. The second kappa shape index (κ2) is 7.24. The molecule has 0 unspecified atom stereocenters. The maximum absolute atomic E-state index is 13.0. The molecule has 140 valence electrons. The maximum Gasteiger partial charge on any atom is 0.293 e. The van der Waals surface area contributed by atoms with Crippen LogP contribution >= 0.6 is 11.3 Å². The number of nitrogens with one attached hydrogen (secondary N) is 2. The highest BCUT2D eigenvalue weighted by atomic mass is 32.1. The first-order valence-electron chi connectivity index (χ1n) is 8.33. The van der Waals surface area contributed by atoms with Crippen LogP contribution in [0.2, 0.25) is 0 Å². The molecule has 0 atom stereocenters. The van der Waals surface area contributed by atoms with Crippen molar-refractivity contribution in [3.05, 3.63) is 66.2 Å². The number of hydrogen-bond donors (Lipinski definition) is 2. The van der Waals surface area contributed by atoms with E-state index in [2.05, 4.69) is 15.6 Å². The Morgan fingerprint density at radius 2 is 1.82 bits per heavy atom. The molecule has 8 heteroatoms. The van der Waals surface area contributed by atoms with Crippen molar-refractivity contribution >= 4 is 44.2 Å². The number of rotatable bonds is 4. The molecule has 2 aromatic carbocycles. The number of hydrogen-bond acceptors (Lipinski definition) is 5. The molecule has 0 radical (unpaired) electrons. The highest BCUT2D eigenvalue weighted by Gasteiger charge is 2.15. The van der Waals surface area contributed by atoms with Crippen LogP contribution in [0.25, 0.3) is 21.5 Å². The third kappa shape index (κ3) is 3.77. The molecule has 0 bridgehead atoms. The minimum absolute atomic E-state index is 0.123. The number of furan rings is 1. The third-order valence-electron chi connectivity index (χ3n) is 3.89. The minimum atomic E-state index is -0.436. The number of aromatic nitrogens is 1. The van der Waals surface area contributed by atoms with Gasteiger partial charge in [0.1, 0.15) is 11.6 Å². The second-order valence-corrected chi connectivity index (χ2v) is 7.04. The van der Waals surface area contributed by atoms with Crippen molar-refractivity contribution < 1.29 is 18.4 Å². The van der Waals surface area contributed by atoms with E-state index >= 15 is 0 Å². The second-order valence-electron chi connectivity index (χ2n) is 6.01. The number of thiazole rings is 1. The Morgan fingerprint density at radius 1 is 1.04 bits per heavy atom. The zero-order chi connectivity index (χ0) is 19.7. The summed E-state index contributed by atoms with van der Waals surface area (Å²) in [5, 5.41) is 5.83. The Labute approximate surface area is 163 Å². The van der Waals surface area contributed by atoms with Crippen LogP contribution in [0, 0.1) is 5.82 Å². The number of nitrogens with zero attached hydrogens (tertiary/aromatic N) is 1. The van der Waals surface area contributed by atoms with Crippen molar-refractivity contribution in [3.63, 3.8) is 0 Å². The van der Waals surface area contributed by atoms with Gasteiger partial charge in [-0.15, -0.1) is 0 Å². The number of anilines is 2. The molecule has 0 saturated heterocycles. The summed E-state index contributed by atoms with van der Waals surface area (Å²) in [5.74, 6) is -0.348. The maximum atomic E-state index is 13.0. The number of amides is 2. The zero-order valence-electron chi connectivity index (χ0n) is 14.7. The fourth-order valence-corrected chi connectivity index (χ4v) is 3.55. The Hall–Kier alpha value is -3.52. The quantitative estimate of drug-likeness (QED) is 0.514. The van der Waals surface area contributed by atoms with Crippen LogP contribution < -0.4 is 10.6 Å². The van der Waals surface area contributed by atoms with Gasteiger partial charge in [-0.1, -0.05) is 11.3 Å². The van der Waals surface area contributed by atoms with Gasteiger partial charge in [-0.25, -0.2) is 9.37 Å². The van der Waals surface area contributed by atoms with E-state index < -0.39 is 5.91 Å². The Balaban J connectivity index is 1.52. The summed E-state index contributed by atoms with van der Waals surface area (Å²) in [7, 11) is 0. The molecule has 0 saturated carbocycles. The molecule has 6 nitrogen and oxygen atoms in total. The van der Waals surface area contributed by atoms with Gasteiger partial charge in [0.05, 0.1) is 10.2 Å². The summed E-state index contributed by atoms with van der Waals surface area (Å²) in [6, 6.07) is 14.3. The van der Waals surface area contributed by atoms with Crippen LogP contribution in [0.4, 0.5) is 15.2 Å². The van der Waals surface area contributed by atoms with Crippen molar-refractivity contribution in [1.29, 1.82) is 0 Å². The molecule has 0 aliphatic heterocycles. The summed E-state index contributed by atoms with van der Waals surface area (Å²) < 4.78 is 19.4. The van der Waals surface area contributed by atoms with Gasteiger partial charge in [-0.2, -0.15) is 0 Å². The van der Waals surface area contributed by atoms with Crippen molar-refractivity contribution in [3.8, 4) is 11.3 Å². The average molecular weight is 395 g/mol. The lowest BCUT2D eigenvalue weighted by molar-refractivity contribution is -0.114. The van der Waals surface area contributed by atoms with Gasteiger partial charge in [0, 0.05) is 18.2 Å². The number of carbonyl (C=O) groups is 2. The molecule has 4 aromatic rings. The van der Waals surface area contributed by atoms with Crippen LogP contribution in [0.5, 0.6) is 0 Å². The normalized spacial score (nSPS) is 10.8. The first-order valence-corrected chi connectivity index (χ1v) is 9.15. The van der Waals surface area contributed by atoms with Gasteiger partial charge < -0.3 is 9.73 Å². The van der Waals surface area contributed by atoms with Gasteiger partial charge in [0.25, 0.3) is 5.91 Å². The van der Waals surface area contributed by atoms with E-state index in [0.29, 0.717) is 27.7 Å². The number of carbonyl (C=O) groups excluding carboxylic acids is 2. The minimum Gasteiger partial charge on any atom is -0.451 e. The van der Waals surface area contributed by atoms with Crippen LogP contribution in [0.15, 0.2) is 59.0 Å². The Morgan fingerprint density at radius 3 is 2.57 bits per heavy atom. The SMILES string of the molecule is CC(=O)Nc1ccc2nc(NC(=O)c3ccc(-c4ccc(F)cc4)o3)sc2c1. The lowest BCUT2D eigenvalue weighted by atomic mass is 10.2. The fourth-order valence-electron chi connectivity index (χ4n) is 2.65. The molecule has 0 fully saturated rings. The standard InChI is InChI=1S/C20H14FN3O3S/c1-11(25)22-14-6-7-15-18(10-14)28-20(23-15)24-19(26)17-9-8-16(27-17)12-2-4-13(21)5-3-12/h2-10H,1H3,(H,22,25)(H,23,24,26). The highest BCUT2D eigenvalue weighted by molar-refractivity contribution is 7.22. The van der Waals surface area contributed by atoms with E-state index in [-0.39, 0.29) is 17.5 Å². The van der Waals surface area contributed by atoms with Crippen LogP contribution in [-0.4, -0.2) is 16.8 Å². The van der Waals surface area contributed by atoms with E-state index in [4.69, 9.17) is 4.42 Å². The van der Waals surface area contributed by atoms with Crippen LogP contribution in [-0.2, 0) is 4.79 Å².